The Kier molecular flexibility index (Phi) is 22.0. The van der Waals surface area contributed by atoms with E-state index in [0.29, 0.717) is 61.4 Å². The number of nitrogens with one attached hydrogen (secondary N) is 2. The molecule has 3 atom stereocenters. The molecule has 4 N–H and O–H groups in total. The van der Waals surface area contributed by atoms with E-state index in [1.807, 2.05) is 62.6 Å². The number of nitrogens with two attached hydrogens (primary N) is 1. The number of likely N-dealkylation sites (N-methyl/N-ethyl adjacent to an activating group) is 3. The molecule has 0 amide bonds. The molecular formula is C78H85BrF6N24. The summed E-state index contributed by atoms with van der Waals surface area (Å²) >= 11 is 3.35. The number of aromatic nitrogens is 15. The number of piperazine rings is 3. The number of aryl methyl sites for hydroxylation is 3. The van der Waals surface area contributed by atoms with Gasteiger partial charge in [-0.1, -0.05) is 18.2 Å². The second-order valence-corrected chi connectivity index (χ2v) is 29.9. The average molecular weight is 1550 g/mol. The monoisotopic (exact) mass is 1550 g/mol. The highest BCUT2D eigenvalue weighted by Crippen LogP contribution is 2.39. The van der Waals surface area contributed by atoms with Crippen molar-refractivity contribution >= 4 is 78.5 Å². The van der Waals surface area contributed by atoms with Gasteiger partial charge in [-0.25, -0.2) is 86.2 Å². The first-order valence-electron chi connectivity index (χ1n) is 36.9. The maximum Gasteiger partial charge on any atom is 0.229 e. The van der Waals surface area contributed by atoms with Crippen molar-refractivity contribution < 1.29 is 26.3 Å². The van der Waals surface area contributed by atoms with Crippen molar-refractivity contribution in [2.75, 3.05) is 116 Å². The maximum atomic E-state index is 14.9. The van der Waals surface area contributed by atoms with E-state index < -0.39 is 34.9 Å². The number of hydrogen-bond donors (Lipinski definition) is 3. The first-order valence-corrected chi connectivity index (χ1v) is 37.7. The van der Waals surface area contributed by atoms with E-state index in [1.165, 1.54) is 36.9 Å². The second-order valence-electron chi connectivity index (χ2n) is 29.1. The summed E-state index contributed by atoms with van der Waals surface area (Å²) in [6.07, 6.45) is 14.1. The molecule has 109 heavy (non-hydrogen) atoms. The Balaban J connectivity index is 0.000000122. The zero-order valence-corrected chi connectivity index (χ0v) is 63.2. The Morgan fingerprint density at radius 2 is 0.716 bits per heavy atom. The minimum absolute atomic E-state index is 0.00509. The van der Waals surface area contributed by atoms with E-state index >= 15 is 0 Å². The molecule has 0 saturated carbocycles. The Bertz CT molecular complexity index is 5030. The van der Waals surface area contributed by atoms with Gasteiger partial charge < -0.3 is 44.8 Å². The lowest BCUT2D eigenvalue weighted by atomic mass is 10.1. The molecule has 24 nitrogen and oxygen atoms in total. The Morgan fingerprint density at radius 1 is 0.385 bits per heavy atom. The average Bonchev–Trinajstić information content (AvgIpc) is 1.62. The van der Waals surface area contributed by atoms with E-state index in [4.69, 9.17) is 5.73 Å². The molecule has 3 saturated heterocycles. The summed E-state index contributed by atoms with van der Waals surface area (Å²) in [5.74, 6) is 0.693. The van der Waals surface area contributed by atoms with E-state index in [1.54, 1.807) is 18.2 Å². The van der Waals surface area contributed by atoms with Crippen molar-refractivity contribution in [3.8, 4) is 33.8 Å². The summed E-state index contributed by atoms with van der Waals surface area (Å²) in [5, 5.41) is 6.08. The van der Waals surface area contributed by atoms with E-state index in [9.17, 15) is 26.3 Å². The van der Waals surface area contributed by atoms with Gasteiger partial charge in [0, 0.05) is 171 Å². The summed E-state index contributed by atoms with van der Waals surface area (Å²) in [6.45, 7) is 22.0. The summed E-state index contributed by atoms with van der Waals surface area (Å²) in [6, 6.07) is 21.6. The fourth-order valence-electron chi connectivity index (χ4n) is 15.0. The van der Waals surface area contributed by atoms with Crippen LogP contribution in [0.25, 0.3) is 66.9 Å². The van der Waals surface area contributed by atoms with Crippen LogP contribution in [-0.4, -0.2) is 203 Å². The fraction of sp³-hybridized carbons (Fsp3) is 0.385. The normalized spacial score (nSPS) is 18.4. The van der Waals surface area contributed by atoms with Crippen LogP contribution >= 0.6 is 15.9 Å². The molecule has 0 radical (unpaired) electrons. The molecule has 18 rings (SSSR count). The predicted molar refractivity (Wildman–Crippen MR) is 411 cm³/mol. The second kappa shape index (κ2) is 32.3. The van der Waals surface area contributed by atoms with Crippen molar-refractivity contribution in [3.63, 3.8) is 0 Å². The highest BCUT2D eigenvalue weighted by atomic mass is 79.9. The first-order chi connectivity index (χ1) is 52.7. The molecule has 12 aromatic rings. The van der Waals surface area contributed by atoms with Crippen LogP contribution in [0, 0.1) is 34.9 Å². The van der Waals surface area contributed by atoms with Gasteiger partial charge in [0.1, 0.15) is 67.3 Å². The molecule has 9 aromatic heterocycles. The number of rotatable bonds is 13. The van der Waals surface area contributed by atoms with Gasteiger partial charge >= 0.3 is 0 Å². The lowest BCUT2D eigenvalue weighted by Crippen LogP contribution is -2.43. The van der Waals surface area contributed by atoms with Crippen LogP contribution in [-0.2, 0) is 38.9 Å². The molecule has 566 valence electrons. The Morgan fingerprint density at radius 3 is 1.05 bits per heavy atom. The minimum Gasteiger partial charge on any atom is -0.368 e. The molecule has 3 aromatic carbocycles. The molecule has 0 bridgehead atoms. The molecule has 31 heteroatoms. The fourth-order valence-corrected chi connectivity index (χ4v) is 15.2. The largest absolute Gasteiger partial charge is 0.368 e. The number of nitrogens with zero attached hydrogens (tertiary/aromatic N) is 21. The topological polar surface area (TPSA) is 239 Å². The van der Waals surface area contributed by atoms with E-state index in [2.05, 4.69) is 164 Å². The molecule has 6 aliphatic rings. The van der Waals surface area contributed by atoms with Gasteiger partial charge in [-0.15, -0.1) is 0 Å². The number of hydrogen-bond acceptors (Lipinski definition) is 21. The molecule has 0 aliphatic carbocycles. The smallest absolute Gasteiger partial charge is 0.229 e. The van der Waals surface area contributed by atoms with Gasteiger partial charge in [0.2, 0.25) is 17.8 Å². The van der Waals surface area contributed by atoms with Crippen molar-refractivity contribution in [2.24, 2.45) is 0 Å². The van der Waals surface area contributed by atoms with Crippen molar-refractivity contribution in [2.45, 2.75) is 97.1 Å². The van der Waals surface area contributed by atoms with Crippen LogP contribution in [0.5, 0.6) is 0 Å². The number of benzene rings is 3. The van der Waals surface area contributed by atoms with E-state index in [0.717, 1.165) is 175 Å². The van der Waals surface area contributed by atoms with Crippen LogP contribution in [0.2, 0.25) is 0 Å². The van der Waals surface area contributed by atoms with Gasteiger partial charge in [-0.2, -0.15) is 0 Å². The van der Waals surface area contributed by atoms with Gasteiger partial charge in [0.25, 0.3) is 0 Å². The molecule has 3 fully saturated rings. The van der Waals surface area contributed by atoms with Crippen LogP contribution in [0.1, 0.15) is 92.3 Å². The number of pyridine rings is 3. The highest BCUT2D eigenvalue weighted by molar-refractivity contribution is 9.10. The van der Waals surface area contributed by atoms with Gasteiger partial charge in [-0.3, -0.25) is 14.7 Å². The summed E-state index contributed by atoms with van der Waals surface area (Å²) in [4.78, 5) is 65.1. The lowest BCUT2D eigenvalue weighted by Gasteiger charge is -2.32. The van der Waals surface area contributed by atoms with Crippen molar-refractivity contribution in [3.05, 3.63) is 184 Å². The van der Waals surface area contributed by atoms with E-state index in [-0.39, 0.29) is 53.1 Å². The van der Waals surface area contributed by atoms with Crippen LogP contribution < -0.4 is 16.4 Å². The Hall–Kier alpha value is -10.0. The lowest BCUT2D eigenvalue weighted by molar-refractivity contribution is 0.148. The van der Waals surface area contributed by atoms with Gasteiger partial charge in [-0.05, 0) is 148 Å². The summed E-state index contributed by atoms with van der Waals surface area (Å²) < 4.78 is 94.7. The van der Waals surface area contributed by atoms with Gasteiger partial charge in [0.15, 0.2) is 34.9 Å². The Labute approximate surface area is 635 Å². The molecule has 0 spiro atoms. The number of fused-ring (bicyclic) bond motifs is 9. The predicted octanol–water partition coefficient (Wildman–Crippen LogP) is 12.8. The third-order valence-electron chi connectivity index (χ3n) is 21.1. The maximum absolute atomic E-state index is 14.9. The minimum atomic E-state index is -0.637. The summed E-state index contributed by atoms with van der Waals surface area (Å²) in [5.41, 5.74) is 13.0. The zero-order valence-electron chi connectivity index (χ0n) is 61.6. The quantitative estimate of drug-likeness (QED) is 0.0718. The number of nitrogen functional groups attached to an aromatic ring is 1. The third-order valence-corrected chi connectivity index (χ3v) is 21.6. The molecule has 15 heterocycles. The van der Waals surface area contributed by atoms with Crippen molar-refractivity contribution in [1.29, 1.82) is 0 Å². The standard InChI is InChI=1S/2C26H28F2N8.C15H13F2N5.C11H16BrN3/c2*1-16-3-6-23-32-25-19(27)11-18(12-21(25)36(16)23)24-20(28)14-30-26(33-24)31-22-5-4-17(13-29-22)15-35-9-7-34(2)8-10-35;1-7-2-3-12-20-14-9(16)4-8(5-11(14)22(7)12)13-10(17)6-19-15(18)21-13;1-14-4-6-15(7-5-14)9-10-2-3-11(12)13-8-10/h2*4-5,11-14,16H,3,6-10,15H2,1-2H3,(H,29,30,31,33);4-7H,2-3H2,1H3,(H2,18,19,21);2-3,8H,4-7,9H2,1H3. The SMILES string of the molecule is CC1CCc2nc3c(F)cc(-c4nc(N)ncc4F)cc3n21.CC1CCc2nc3c(F)cc(-c4nc(Nc5ccc(CN6CCN(C)CC6)cn5)ncc4F)cc3n21.CC1CCc2nc3c(F)cc(-c4nc(Nc5ccc(CN6CCN(C)CC6)cn5)ncc4F)cc3n21.CN1CCN(Cc2ccc(Br)nc2)CC1. The molecular weight excluding hydrogens is 1470 g/mol. The summed E-state index contributed by atoms with van der Waals surface area (Å²) in [7, 11) is 6.46. The number of anilines is 5. The van der Waals surface area contributed by atoms with Crippen molar-refractivity contribution in [1.82, 2.24) is 103 Å². The number of halogens is 7. The van der Waals surface area contributed by atoms with Gasteiger partial charge in [0.05, 0.1) is 35.1 Å². The first kappa shape index (κ1) is 74.4. The molecule has 6 aliphatic heterocycles. The highest BCUT2D eigenvalue weighted by Gasteiger charge is 2.30. The van der Waals surface area contributed by atoms with Crippen LogP contribution in [0.3, 0.4) is 0 Å². The third kappa shape index (κ3) is 16.8. The molecule has 3 unspecified atom stereocenters. The zero-order chi connectivity index (χ0) is 75.7. The number of imidazole rings is 3. The van der Waals surface area contributed by atoms with Crippen LogP contribution in [0.15, 0.2) is 115 Å². The van der Waals surface area contributed by atoms with Crippen LogP contribution in [0.4, 0.5) is 55.8 Å².